The molecule has 0 aliphatic carbocycles. The molecule has 1 unspecified atom stereocenters. The second-order valence-corrected chi connectivity index (χ2v) is 5.55. The molecule has 0 radical (unpaired) electrons. The Hall–Kier alpha value is -2.53. The van der Waals surface area contributed by atoms with E-state index in [0.29, 0.717) is 18.2 Å². The lowest BCUT2D eigenvalue weighted by Gasteiger charge is -2.48. The van der Waals surface area contributed by atoms with Gasteiger partial charge in [0.15, 0.2) is 0 Å². The minimum Gasteiger partial charge on any atom is -0.478 e. The minimum absolute atomic E-state index is 0.0387. The second kappa shape index (κ2) is 11.2. The van der Waals surface area contributed by atoms with Gasteiger partial charge in [0.05, 0.1) is 31.3 Å². The van der Waals surface area contributed by atoms with E-state index in [1.807, 2.05) is 0 Å². The highest BCUT2D eigenvalue weighted by atomic mass is 16.5. The Morgan fingerprint density at radius 1 is 0.852 bits per heavy atom. The minimum atomic E-state index is -1.94. The summed E-state index contributed by atoms with van der Waals surface area (Å²) in [5, 5.41) is 56.7. The lowest BCUT2D eigenvalue weighted by molar-refractivity contribution is -0.137. The maximum Gasteiger partial charge on any atom is 0.328 e. The Kier molecular flexibility index (Phi) is 10.2. The molecule has 0 aromatic heterocycles. The molecule has 0 saturated heterocycles. The molecule has 0 spiro atoms. The van der Waals surface area contributed by atoms with E-state index in [4.69, 9.17) is 20.1 Å². The number of rotatable bonds is 13. The molecule has 0 aliphatic heterocycles. The van der Waals surface area contributed by atoms with Crippen molar-refractivity contribution in [1.29, 1.82) is 0 Å². The predicted octanol–water partition coefficient (Wildman–Crippen LogP) is -0.736. The largest absolute Gasteiger partial charge is 0.478 e. The van der Waals surface area contributed by atoms with Crippen molar-refractivity contribution in [2.75, 3.05) is 26.4 Å². The molecule has 0 fully saturated rings. The van der Waals surface area contributed by atoms with Gasteiger partial charge in [0, 0.05) is 30.2 Å². The molecule has 0 aromatic rings. The zero-order chi connectivity index (χ0) is 21.1. The normalized spacial score (nSPS) is 16.0. The second-order valence-electron chi connectivity index (χ2n) is 5.55. The third-order valence-electron chi connectivity index (χ3n) is 4.08. The van der Waals surface area contributed by atoms with Gasteiger partial charge < -0.3 is 35.4 Å². The van der Waals surface area contributed by atoms with Crippen molar-refractivity contribution < 1.29 is 49.8 Å². The Balaban J connectivity index is 6.94. The number of carbonyl (C=O) groups is 3. The lowest BCUT2D eigenvalue weighted by atomic mass is 9.60. The van der Waals surface area contributed by atoms with Gasteiger partial charge in [0.1, 0.15) is 0 Å². The van der Waals surface area contributed by atoms with Gasteiger partial charge in [-0.25, -0.2) is 14.4 Å². The van der Waals surface area contributed by atoms with Crippen LogP contribution in [0.5, 0.6) is 0 Å². The van der Waals surface area contributed by atoms with Gasteiger partial charge >= 0.3 is 17.9 Å². The van der Waals surface area contributed by atoms with Gasteiger partial charge in [-0.1, -0.05) is 18.2 Å². The first-order valence-electron chi connectivity index (χ1n) is 7.85. The third kappa shape index (κ3) is 6.29. The number of hydrogen-bond acceptors (Lipinski definition) is 7. The molecule has 10 heteroatoms. The van der Waals surface area contributed by atoms with Crippen LogP contribution in [0.2, 0.25) is 0 Å². The number of carboxylic acids is 3. The Labute approximate surface area is 155 Å². The van der Waals surface area contributed by atoms with E-state index in [9.17, 15) is 29.7 Å². The number of aliphatic hydroxyl groups is 3. The van der Waals surface area contributed by atoms with Gasteiger partial charge in [-0.15, -0.1) is 0 Å². The summed E-state index contributed by atoms with van der Waals surface area (Å²) in [5.74, 6) is -4.31. The molecule has 0 rings (SSSR count). The molecule has 152 valence electrons. The number of carboxylic acid groups (broad SMARTS) is 3. The van der Waals surface area contributed by atoms with E-state index in [-0.39, 0.29) is 6.61 Å². The predicted molar refractivity (Wildman–Crippen MR) is 91.9 cm³/mol. The molecule has 10 nitrogen and oxygen atoms in total. The standard InChI is InChI=1S/C17H24O10/c1-2-27-12(9-18)17(10-19,11-20)16(6-3-13(21)22,7-4-14(23)24)8-5-15(25)26/h3-8,12,18-20H,2,9-11H2,1H3,(H,21,22)(H,23,24)(H,25,26). The molecular weight excluding hydrogens is 364 g/mol. The summed E-state index contributed by atoms with van der Waals surface area (Å²) in [4.78, 5) is 33.1. The molecule has 0 saturated carbocycles. The highest BCUT2D eigenvalue weighted by Crippen LogP contribution is 2.47. The Morgan fingerprint density at radius 2 is 1.22 bits per heavy atom. The van der Waals surface area contributed by atoms with Crippen LogP contribution in [-0.2, 0) is 19.1 Å². The van der Waals surface area contributed by atoms with Crippen molar-refractivity contribution in [3.63, 3.8) is 0 Å². The Morgan fingerprint density at radius 3 is 1.44 bits per heavy atom. The van der Waals surface area contributed by atoms with Gasteiger partial charge in [-0.2, -0.15) is 0 Å². The van der Waals surface area contributed by atoms with Crippen molar-refractivity contribution in [3.8, 4) is 0 Å². The number of hydrogen-bond donors (Lipinski definition) is 6. The van der Waals surface area contributed by atoms with E-state index in [2.05, 4.69) is 0 Å². The molecule has 0 heterocycles. The zero-order valence-corrected chi connectivity index (χ0v) is 14.7. The monoisotopic (exact) mass is 388 g/mol. The molecular formula is C17H24O10. The quantitative estimate of drug-likeness (QED) is 0.220. The summed E-state index contributed by atoms with van der Waals surface area (Å²) in [6, 6.07) is 0. The fraction of sp³-hybridized carbons (Fsp3) is 0.471. The van der Waals surface area contributed by atoms with Crippen molar-refractivity contribution in [2.45, 2.75) is 13.0 Å². The molecule has 0 bridgehead atoms. The number of ether oxygens (including phenoxy) is 1. The summed E-state index contributed by atoms with van der Waals surface area (Å²) >= 11 is 0. The summed E-state index contributed by atoms with van der Waals surface area (Å²) in [5.41, 5.74) is -3.82. The highest BCUT2D eigenvalue weighted by molar-refractivity contribution is 5.82. The van der Waals surface area contributed by atoms with Crippen LogP contribution in [0.3, 0.4) is 0 Å². The summed E-state index contributed by atoms with van der Waals surface area (Å²) < 4.78 is 5.35. The SMILES string of the molecule is CCOC(CO)C(CO)(CO)C(C=CC(=O)O)(C=CC(=O)O)C=CC(=O)O. The van der Waals surface area contributed by atoms with E-state index in [1.54, 1.807) is 6.92 Å². The molecule has 0 aromatic carbocycles. The van der Waals surface area contributed by atoms with Crippen LogP contribution in [-0.4, -0.2) is 81.1 Å². The van der Waals surface area contributed by atoms with Crippen LogP contribution >= 0.6 is 0 Å². The zero-order valence-electron chi connectivity index (χ0n) is 14.7. The highest BCUT2D eigenvalue weighted by Gasteiger charge is 2.52. The first kappa shape index (κ1) is 24.5. The molecule has 27 heavy (non-hydrogen) atoms. The van der Waals surface area contributed by atoms with Gasteiger partial charge in [-0.05, 0) is 6.92 Å². The van der Waals surface area contributed by atoms with Crippen LogP contribution in [0.4, 0.5) is 0 Å². The van der Waals surface area contributed by atoms with Gasteiger partial charge in [0.25, 0.3) is 0 Å². The molecule has 0 amide bonds. The van der Waals surface area contributed by atoms with E-state index < -0.39 is 54.7 Å². The summed E-state index contributed by atoms with van der Waals surface area (Å²) in [6.45, 7) is -0.910. The first-order valence-corrected chi connectivity index (χ1v) is 7.85. The maximum absolute atomic E-state index is 11.0. The average molecular weight is 388 g/mol. The van der Waals surface area contributed by atoms with Crippen LogP contribution in [0.25, 0.3) is 0 Å². The summed E-state index contributed by atoms with van der Waals surface area (Å²) in [6.07, 6.45) is 3.30. The third-order valence-corrected chi connectivity index (χ3v) is 4.08. The first-order chi connectivity index (χ1) is 12.6. The van der Waals surface area contributed by atoms with Crippen molar-refractivity contribution in [3.05, 3.63) is 36.5 Å². The van der Waals surface area contributed by atoms with Crippen LogP contribution in [0, 0.1) is 10.8 Å². The van der Waals surface area contributed by atoms with Crippen LogP contribution < -0.4 is 0 Å². The van der Waals surface area contributed by atoms with Crippen molar-refractivity contribution in [1.82, 2.24) is 0 Å². The molecule has 0 aliphatic rings. The van der Waals surface area contributed by atoms with E-state index >= 15 is 0 Å². The fourth-order valence-corrected chi connectivity index (χ4v) is 2.69. The topological polar surface area (TPSA) is 182 Å². The smallest absolute Gasteiger partial charge is 0.328 e. The van der Waals surface area contributed by atoms with Crippen molar-refractivity contribution in [2.24, 2.45) is 10.8 Å². The van der Waals surface area contributed by atoms with E-state index in [0.717, 1.165) is 18.2 Å². The van der Waals surface area contributed by atoms with E-state index in [1.165, 1.54) is 0 Å². The van der Waals surface area contributed by atoms with Crippen molar-refractivity contribution >= 4 is 17.9 Å². The fourth-order valence-electron chi connectivity index (χ4n) is 2.69. The van der Waals surface area contributed by atoms with Crippen LogP contribution in [0.1, 0.15) is 6.92 Å². The number of allylic oxidation sites excluding steroid dienone is 3. The Bertz CT molecular complexity index is 541. The molecule has 1 atom stereocenters. The lowest BCUT2D eigenvalue weighted by Crippen LogP contribution is -2.55. The van der Waals surface area contributed by atoms with Gasteiger partial charge in [0.2, 0.25) is 0 Å². The number of aliphatic carboxylic acids is 3. The average Bonchev–Trinajstić information content (AvgIpc) is 2.62. The van der Waals surface area contributed by atoms with Crippen LogP contribution in [0.15, 0.2) is 36.5 Å². The number of aliphatic hydroxyl groups excluding tert-OH is 3. The molecule has 6 N–H and O–H groups in total. The summed E-state index contributed by atoms with van der Waals surface area (Å²) in [7, 11) is 0. The maximum atomic E-state index is 11.0. The van der Waals surface area contributed by atoms with Gasteiger partial charge in [-0.3, -0.25) is 0 Å².